The average Bonchev–Trinajstić information content (AvgIpc) is 2.16. The van der Waals surface area contributed by atoms with E-state index in [4.69, 9.17) is 0 Å². The van der Waals surface area contributed by atoms with Gasteiger partial charge in [0.05, 0.1) is 7.11 Å². The van der Waals surface area contributed by atoms with Crippen LogP contribution in [0.2, 0.25) is 0 Å². The first-order valence-corrected chi connectivity index (χ1v) is 4.98. The van der Waals surface area contributed by atoms with Crippen molar-refractivity contribution in [2.45, 2.75) is 38.8 Å². The Bertz CT molecular complexity index is 240. The molecular weight excluding hydrogens is 209 g/mol. The highest BCUT2D eigenvalue weighted by molar-refractivity contribution is 5.77. The van der Waals surface area contributed by atoms with E-state index >= 15 is 0 Å². The number of methoxy groups -OCH3 is 1. The molecule has 0 N–H and O–H groups in total. The zero-order chi connectivity index (χ0) is 11.7. The topological polar surface area (TPSA) is 26.3 Å². The van der Waals surface area contributed by atoms with Gasteiger partial charge in [0.1, 0.15) is 0 Å². The molecule has 15 heavy (non-hydrogen) atoms. The maximum absolute atomic E-state index is 12.9. The van der Waals surface area contributed by atoms with Crippen LogP contribution in [0, 0.1) is 11.3 Å². The number of carbonyl (C=O) groups is 1. The number of hydrogen-bond donors (Lipinski definition) is 0. The quantitative estimate of drug-likeness (QED) is 0.640. The average molecular weight is 224 g/mol. The largest absolute Gasteiger partial charge is 0.468 e. The maximum Gasteiger partial charge on any atom is 0.404 e. The van der Waals surface area contributed by atoms with Crippen molar-refractivity contribution in [3.8, 4) is 0 Å². The van der Waals surface area contributed by atoms with Crippen LogP contribution in [0.3, 0.4) is 0 Å². The lowest BCUT2D eigenvalue weighted by atomic mass is 9.70. The summed E-state index contributed by atoms with van der Waals surface area (Å²) in [5, 5.41) is 0. The van der Waals surface area contributed by atoms with Crippen molar-refractivity contribution in [3.63, 3.8) is 0 Å². The van der Waals surface area contributed by atoms with Gasteiger partial charge in [-0.3, -0.25) is 4.79 Å². The molecule has 0 aromatic heterocycles. The third-order valence-corrected chi connectivity index (χ3v) is 3.25. The molecule has 88 valence electrons. The third kappa shape index (κ3) is 2.11. The third-order valence-electron chi connectivity index (χ3n) is 3.25. The van der Waals surface area contributed by atoms with Crippen LogP contribution in [0.5, 0.6) is 0 Å². The highest BCUT2D eigenvalue weighted by atomic mass is 19.4. The Balaban J connectivity index is 2.93. The standard InChI is InChI=1S/C10H15F3O2/c1-7-3-5-9(6-4-7,8(14)15-2)10(11,12)13/h7H,3-6H2,1-2H3. The highest BCUT2D eigenvalue weighted by Crippen LogP contribution is 2.50. The van der Waals surface area contributed by atoms with Crippen molar-refractivity contribution in [2.75, 3.05) is 7.11 Å². The fourth-order valence-corrected chi connectivity index (χ4v) is 2.05. The van der Waals surface area contributed by atoms with E-state index in [1.165, 1.54) is 0 Å². The number of halogens is 3. The minimum Gasteiger partial charge on any atom is -0.468 e. The Kier molecular flexibility index (Phi) is 3.31. The second-order valence-electron chi connectivity index (χ2n) is 4.25. The molecule has 0 unspecified atom stereocenters. The summed E-state index contributed by atoms with van der Waals surface area (Å²) in [6.07, 6.45) is -3.95. The smallest absolute Gasteiger partial charge is 0.404 e. The highest BCUT2D eigenvalue weighted by Gasteiger charge is 2.61. The molecule has 0 amide bonds. The van der Waals surface area contributed by atoms with Crippen molar-refractivity contribution in [2.24, 2.45) is 11.3 Å². The lowest BCUT2D eigenvalue weighted by Gasteiger charge is -2.37. The molecule has 2 nitrogen and oxygen atoms in total. The van der Waals surface area contributed by atoms with Crippen molar-refractivity contribution in [1.82, 2.24) is 0 Å². The van der Waals surface area contributed by atoms with Gasteiger partial charge in [0.2, 0.25) is 0 Å². The van der Waals surface area contributed by atoms with Crippen molar-refractivity contribution in [1.29, 1.82) is 0 Å². The van der Waals surface area contributed by atoms with Gasteiger partial charge in [0.15, 0.2) is 5.41 Å². The van der Waals surface area contributed by atoms with Crippen LogP contribution in [0.4, 0.5) is 13.2 Å². The predicted octanol–water partition coefficient (Wildman–Crippen LogP) is 2.92. The molecule has 0 radical (unpaired) electrons. The van der Waals surface area contributed by atoms with Gasteiger partial charge in [0.25, 0.3) is 0 Å². The summed E-state index contributed by atoms with van der Waals surface area (Å²) in [5.41, 5.74) is -2.26. The zero-order valence-corrected chi connectivity index (χ0v) is 8.86. The van der Waals surface area contributed by atoms with E-state index in [0.717, 1.165) is 7.11 Å². The molecule has 0 atom stereocenters. The number of rotatable bonds is 1. The number of hydrogen-bond acceptors (Lipinski definition) is 2. The Morgan fingerprint density at radius 1 is 1.33 bits per heavy atom. The van der Waals surface area contributed by atoms with Gasteiger partial charge in [-0.15, -0.1) is 0 Å². The van der Waals surface area contributed by atoms with Crippen LogP contribution >= 0.6 is 0 Å². The van der Waals surface area contributed by atoms with E-state index < -0.39 is 17.6 Å². The summed E-state index contributed by atoms with van der Waals surface area (Å²) in [6, 6.07) is 0. The number of alkyl halides is 3. The molecule has 0 saturated heterocycles. The van der Waals surface area contributed by atoms with Crippen molar-refractivity contribution < 1.29 is 22.7 Å². The molecule has 0 spiro atoms. The van der Waals surface area contributed by atoms with Gasteiger partial charge in [0, 0.05) is 0 Å². The number of ether oxygens (including phenoxy) is 1. The van der Waals surface area contributed by atoms with E-state index in [1.54, 1.807) is 0 Å². The Morgan fingerprint density at radius 3 is 2.13 bits per heavy atom. The first-order chi connectivity index (χ1) is 6.83. The fraction of sp³-hybridized carbons (Fsp3) is 0.900. The molecule has 1 aliphatic rings. The molecule has 1 saturated carbocycles. The van der Waals surface area contributed by atoms with Crippen molar-refractivity contribution in [3.05, 3.63) is 0 Å². The summed E-state index contributed by atoms with van der Waals surface area (Å²) in [7, 11) is 1.01. The van der Waals surface area contributed by atoms with Crippen LogP contribution in [0.25, 0.3) is 0 Å². The first-order valence-electron chi connectivity index (χ1n) is 4.98. The molecule has 1 fully saturated rings. The van der Waals surface area contributed by atoms with E-state index in [9.17, 15) is 18.0 Å². The molecule has 0 bridgehead atoms. The lowest BCUT2D eigenvalue weighted by Crippen LogP contribution is -2.48. The van der Waals surface area contributed by atoms with Crippen LogP contribution in [0.1, 0.15) is 32.6 Å². The summed E-state index contributed by atoms with van der Waals surface area (Å²) in [5.74, 6) is -0.882. The minimum atomic E-state index is -4.50. The molecule has 5 heteroatoms. The Labute approximate surface area is 86.8 Å². The monoisotopic (exact) mass is 224 g/mol. The van der Waals surface area contributed by atoms with Gasteiger partial charge in [-0.2, -0.15) is 13.2 Å². The summed E-state index contributed by atoms with van der Waals surface area (Å²) in [6.45, 7) is 1.90. The van der Waals surface area contributed by atoms with E-state index in [2.05, 4.69) is 4.74 Å². The summed E-state index contributed by atoms with van der Waals surface area (Å²) < 4.78 is 42.9. The van der Waals surface area contributed by atoms with Crippen LogP contribution < -0.4 is 0 Å². The van der Waals surface area contributed by atoms with Gasteiger partial charge >= 0.3 is 12.1 Å². The van der Waals surface area contributed by atoms with E-state index in [0.29, 0.717) is 12.8 Å². The van der Waals surface area contributed by atoms with Crippen LogP contribution in [-0.2, 0) is 9.53 Å². The summed E-state index contributed by atoms with van der Waals surface area (Å²) in [4.78, 5) is 11.3. The lowest BCUT2D eigenvalue weighted by molar-refractivity contribution is -0.242. The molecule has 0 aliphatic heterocycles. The van der Waals surface area contributed by atoms with Gasteiger partial charge in [-0.1, -0.05) is 6.92 Å². The first kappa shape index (κ1) is 12.3. The molecule has 0 aromatic carbocycles. The molecule has 0 heterocycles. The van der Waals surface area contributed by atoms with Gasteiger partial charge < -0.3 is 4.74 Å². The molecule has 1 aliphatic carbocycles. The summed E-state index contributed by atoms with van der Waals surface area (Å²) >= 11 is 0. The van der Waals surface area contributed by atoms with Crippen LogP contribution in [-0.4, -0.2) is 19.3 Å². The van der Waals surface area contributed by atoms with Gasteiger partial charge in [-0.25, -0.2) is 0 Å². The zero-order valence-electron chi connectivity index (χ0n) is 8.86. The van der Waals surface area contributed by atoms with Crippen LogP contribution in [0.15, 0.2) is 0 Å². The predicted molar refractivity (Wildman–Crippen MR) is 48.1 cm³/mol. The van der Waals surface area contributed by atoms with Crippen molar-refractivity contribution >= 4 is 5.97 Å². The molecular formula is C10H15F3O2. The van der Waals surface area contributed by atoms with E-state index in [1.807, 2.05) is 6.92 Å². The number of esters is 1. The SMILES string of the molecule is COC(=O)C1(C(F)(F)F)CCC(C)CC1. The second-order valence-corrected chi connectivity index (χ2v) is 4.25. The van der Waals surface area contributed by atoms with Gasteiger partial charge in [-0.05, 0) is 31.6 Å². The Hall–Kier alpha value is -0.740. The second kappa shape index (κ2) is 4.02. The number of carbonyl (C=O) groups excluding carboxylic acids is 1. The van der Waals surface area contributed by atoms with E-state index in [-0.39, 0.29) is 18.8 Å². The maximum atomic E-state index is 12.9. The molecule has 0 aromatic rings. The normalized spacial score (nSPS) is 32.5. The Morgan fingerprint density at radius 2 is 1.80 bits per heavy atom. The minimum absolute atomic E-state index is 0.148. The molecule has 1 rings (SSSR count). The fourth-order valence-electron chi connectivity index (χ4n) is 2.05.